The fraction of sp³-hybridized carbons (Fsp3) is 0.250. The predicted octanol–water partition coefficient (Wildman–Crippen LogP) is 4.01. The van der Waals surface area contributed by atoms with Crippen LogP contribution in [0.5, 0.6) is 0 Å². The number of nitrogens with one attached hydrogen (secondary N) is 1. The van der Waals surface area contributed by atoms with Gasteiger partial charge in [-0.15, -0.1) is 10.2 Å². The SMILES string of the molecule is O=C(Nc1ccccc1)c1nnc([C@@H]2CCCN(S(=O)(=O)c3cccc(Cl)c3)C2)s1. The van der Waals surface area contributed by atoms with Crippen molar-refractivity contribution in [1.29, 1.82) is 0 Å². The molecule has 0 saturated carbocycles. The van der Waals surface area contributed by atoms with Crippen LogP contribution >= 0.6 is 22.9 Å². The van der Waals surface area contributed by atoms with E-state index in [1.165, 1.54) is 21.7 Å². The van der Waals surface area contributed by atoms with Crippen molar-refractivity contribution in [3.05, 3.63) is 69.6 Å². The molecule has 0 bridgehead atoms. The molecule has 2 aromatic carbocycles. The van der Waals surface area contributed by atoms with Crippen LogP contribution in [0.2, 0.25) is 5.02 Å². The topological polar surface area (TPSA) is 92.3 Å². The molecule has 2 heterocycles. The summed E-state index contributed by atoms with van der Waals surface area (Å²) in [4.78, 5) is 12.6. The first kappa shape index (κ1) is 20.9. The number of rotatable bonds is 5. The summed E-state index contributed by atoms with van der Waals surface area (Å²) >= 11 is 7.17. The van der Waals surface area contributed by atoms with Gasteiger partial charge in [-0.05, 0) is 43.2 Å². The second-order valence-corrected chi connectivity index (χ2v) is 10.3. The van der Waals surface area contributed by atoms with E-state index in [0.717, 1.165) is 6.42 Å². The molecule has 1 amide bonds. The normalized spacial score (nSPS) is 17.6. The molecule has 1 N–H and O–H groups in total. The van der Waals surface area contributed by atoms with Crippen LogP contribution in [-0.2, 0) is 10.0 Å². The van der Waals surface area contributed by atoms with Gasteiger partial charge in [-0.2, -0.15) is 4.31 Å². The van der Waals surface area contributed by atoms with Gasteiger partial charge in [0.1, 0.15) is 5.01 Å². The van der Waals surface area contributed by atoms with Gasteiger partial charge in [-0.1, -0.05) is 47.2 Å². The lowest BCUT2D eigenvalue weighted by Gasteiger charge is -2.30. The number of carbonyl (C=O) groups excluding carboxylic acids is 1. The van der Waals surface area contributed by atoms with Crippen molar-refractivity contribution in [3.63, 3.8) is 0 Å². The van der Waals surface area contributed by atoms with Gasteiger partial charge in [-0.3, -0.25) is 4.79 Å². The van der Waals surface area contributed by atoms with Crippen LogP contribution in [0.1, 0.15) is 33.6 Å². The first-order valence-electron chi connectivity index (χ1n) is 9.39. The lowest BCUT2D eigenvalue weighted by molar-refractivity contribution is 0.102. The molecule has 4 rings (SSSR count). The maximum atomic E-state index is 13.0. The van der Waals surface area contributed by atoms with Crippen LogP contribution in [0.15, 0.2) is 59.5 Å². The molecular formula is C20H19ClN4O3S2. The Labute approximate surface area is 183 Å². The molecular weight excluding hydrogens is 444 g/mol. The monoisotopic (exact) mass is 462 g/mol. The van der Waals surface area contributed by atoms with E-state index >= 15 is 0 Å². The highest BCUT2D eigenvalue weighted by Crippen LogP contribution is 2.32. The Hall–Kier alpha value is -2.33. The summed E-state index contributed by atoms with van der Waals surface area (Å²) in [7, 11) is -3.65. The van der Waals surface area contributed by atoms with Crippen molar-refractivity contribution < 1.29 is 13.2 Å². The minimum atomic E-state index is -3.65. The number of sulfonamides is 1. The highest BCUT2D eigenvalue weighted by molar-refractivity contribution is 7.89. The van der Waals surface area contributed by atoms with Gasteiger partial charge in [0, 0.05) is 29.7 Å². The summed E-state index contributed by atoms with van der Waals surface area (Å²) < 4.78 is 27.5. The summed E-state index contributed by atoms with van der Waals surface area (Å²) in [5.41, 5.74) is 0.677. The van der Waals surface area contributed by atoms with E-state index in [4.69, 9.17) is 11.6 Å². The summed E-state index contributed by atoms with van der Waals surface area (Å²) in [6.07, 6.45) is 1.49. The van der Waals surface area contributed by atoms with Crippen LogP contribution in [0, 0.1) is 0 Å². The predicted molar refractivity (Wildman–Crippen MR) is 116 cm³/mol. The third kappa shape index (κ3) is 4.54. The van der Waals surface area contributed by atoms with E-state index in [9.17, 15) is 13.2 Å². The van der Waals surface area contributed by atoms with Gasteiger partial charge in [0.25, 0.3) is 5.91 Å². The second-order valence-electron chi connectivity index (χ2n) is 6.93. The smallest absolute Gasteiger partial charge is 0.286 e. The van der Waals surface area contributed by atoms with Gasteiger partial charge in [0.2, 0.25) is 15.0 Å². The lowest BCUT2D eigenvalue weighted by atomic mass is 10.0. The Morgan fingerprint density at radius 2 is 1.93 bits per heavy atom. The number of hydrogen-bond donors (Lipinski definition) is 1. The van der Waals surface area contributed by atoms with Crippen LogP contribution < -0.4 is 5.32 Å². The maximum absolute atomic E-state index is 13.0. The Morgan fingerprint density at radius 1 is 1.13 bits per heavy atom. The molecule has 0 spiro atoms. The number of nitrogens with zero attached hydrogens (tertiary/aromatic N) is 3. The number of carbonyl (C=O) groups is 1. The zero-order chi connectivity index (χ0) is 21.1. The van der Waals surface area contributed by atoms with Gasteiger partial charge < -0.3 is 5.32 Å². The highest BCUT2D eigenvalue weighted by Gasteiger charge is 2.33. The molecule has 1 fully saturated rings. The van der Waals surface area contributed by atoms with Crippen molar-refractivity contribution >= 4 is 44.6 Å². The third-order valence-electron chi connectivity index (χ3n) is 4.83. The zero-order valence-electron chi connectivity index (χ0n) is 15.9. The van der Waals surface area contributed by atoms with Crippen molar-refractivity contribution in [2.75, 3.05) is 18.4 Å². The number of para-hydroxylation sites is 1. The summed E-state index contributed by atoms with van der Waals surface area (Å²) in [5, 5.41) is 12.3. The Morgan fingerprint density at radius 3 is 2.70 bits per heavy atom. The standard InChI is InChI=1S/C20H19ClN4O3S2/c21-15-7-4-10-17(12-15)30(27,28)25-11-5-6-14(13-25)19-23-24-20(29-19)18(26)22-16-8-2-1-3-9-16/h1-4,7-10,12,14H,5-6,11,13H2,(H,22,26)/t14-/m1/s1. The number of hydrogen-bond acceptors (Lipinski definition) is 6. The lowest BCUT2D eigenvalue weighted by Crippen LogP contribution is -2.39. The minimum Gasteiger partial charge on any atom is -0.320 e. The molecule has 156 valence electrons. The van der Waals surface area contributed by atoms with E-state index in [2.05, 4.69) is 15.5 Å². The molecule has 1 aliphatic rings. The number of aromatic nitrogens is 2. The van der Waals surface area contributed by atoms with Crippen LogP contribution in [0.4, 0.5) is 5.69 Å². The molecule has 3 aromatic rings. The van der Waals surface area contributed by atoms with Crippen LogP contribution in [0.25, 0.3) is 0 Å². The highest BCUT2D eigenvalue weighted by atomic mass is 35.5. The van der Waals surface area contributed by atoms with Gasteiger partial charge >= 0.3 is 0 Å². The average Bonchev–Trinajstić information content (AvgIpc) is 3.25. The van der Waals surface area contributed by atoms with Crippen molar-refractivity contribution in [1.82, 2.24) is 14.5 Å². The fourth-order valence-corrected chi connectivity index (χ4v) is 6.03. The van der Waals surface area contributed by atoms with Gasteiger partial charge in [0.15, 0.2) is 0 Å². The van der Waals surface area contributed by atoms with Crippen molar-refractivity contribution in [3.8, 4) is 0 Å². The number of anilines is 1. The largest absolute Gasteiger partial charge is 0.320 e. The molecule has 1 aliphatic heterocycles. The molecule has 0 radical (unpaired) electrons. The van der Waals surface area contributed by atoms with Crippen LogP contribution in [-0.4, -0.2) is 41.9 Å². The maximum Gasteiger partial charge on any atom is 0.286 e. The van der Waals surface area contributed by atoms with E-state index in [1.807, 2.05) is 18.2 Å². The molecule has 10 heteroatoms. The summed E-state index contributed by atoms with van der Waals surface area (Å²) in [5.74, 6) is -0.437. The van der Waals surface area contributed by atoms with E-state index < -0.39 is 10.0 Å². The molecule has 0 aliphatic carbocycles. The first-order chi connectivity index (χ1) is 14.4. The Kier molecular flexibility index (Phi) is 6.14. The molecule has 1 atom stereocenters. The van der Waals surface area contributed by atoms with Crippen molar-refractivity contribution in [2.45, 2.75) is 23.7 Å². The van der Waals surface area contributed by atoms with Gasteiger partial charge in [0.05, 0.1) is 4.90 Å². The molecule has 1 aromatic heterocycles. The third-order valence-corrected chi connectivity index (χ3v) is 8.01. The Balaban J connectivity index is 1.48. The summed E-state index contributed by atoms with van der Waals surface area (Å²) in [6, 6.07) is 15.4. The van der Waals surface area contributed by atoms with Gasteiger partial charge in [-0.25, -0.2) is 8.42 Å². The molecule has 1 saturated heterocycles. The Bertz CT molecular complexity index is 1150. The second kappa shape index (κ2) is 8.81. The molecule has 7 nitrogen and oxygen atoms in total. The number of halogens is 1. The van der Waals surface area contributed by atoms with Crippen LogP contribution in [0.3, 0.4) is 0 Å². The fourth-order valence-electron chi connectivity index (χ4n) is 3.34. The van der Waals surface area contributed by atoms with E-state index in [-0.39, 0.29) is 21.7 Å². The van der Waals surface area contributed by atoms with E-state index in [1.54, 1.807) is 30.3 Å². The quantitative estimate of drug-likeness (QED) is 0.618. The number of piperidine rings is 1. The minimum absolute atomic E-state index is 0.108. The molecule has 30 heavy (non-hydrogen) atoms. The van der Waals surface area contributed by atoms with E-state index in [0.29, 0.717) is 35.2 Å². The number of benzene rings is 2. The molecule has 0 unspecified atom stereocenters. The summed E-state index contributed by atoms with van der Waals surface area (Å²) in [6.45, 7) is 0.731. The first-order valence-corrected chi connectivity index (χ1v) is 12.0. The zero-order valence-corrected chi connectivity index (χ0v) is 18.3. The van der Waals surface area contributed by atoms with Crippen molar-refractivity contribution in [2.24, 2.45) is 0 Å². The number of amides is 1. The average molecular weight is 463 g/mol.